The summed E-state index contributed by atoms with van der Waals surface area (Å²) in [6, 6.07) is 0. The van der Waals surface area contributed by atoms with Crippen molar-refractivity contribution in [1.82, 2.24) is 0 Å². The van der Waals surface area contributed by atoms with Crippen molar-refractivity contribution in [3.63, 3.8) is 0 Å². The molecular formula is C5H9F2N3. The van der Waals surface area contributed by atoms with Gasteiger partial charge in [0.05, 0.1) is 5.41 Å². The Hall–Kier alpha value is -0.870. The zero-order valence-electron chi connectivity index (χ0n) is 5.35. The Labute approximate surface area is 57.1 Å². The third-order valence-electron chi connectivity index (χ3n) is 1.86. The van der Waals surface area contributed by atoms with E-state index in [1.807, 2.05) is 0 Å². The van der Waals surface area contributed by atoms with Crippen molar-refractivity contribution in [2.45, 2.75) is 19.3 Å². The average Bonchev–Trinajstić information content (AvgIpc) is 2.65. The molecule has 1 fully saturated rings. The van der Waals surface area contributed by atoms with Gasteiger partial charge in [0, 0.05) is 0 Å². The minimum Gasteiger partial charge on any atom is -0.385 e. The highest BCUT2D eigenvalue weighted by Crippen LogP contribution is 2.50. The lowest BCUT2D eigenvalue weighted by molar-refractivity contribution is 0.0962. The molecular weight excluding hydrogens is 140 g/mol. The quantitative estimate of drug-likeness (QED) is 0.256. The maximum absolute atomic E-state index is 12.1. The summed E-state index contributed by atoms with van der Waals surface area (Å²) in [5, 5.41) is 3.06. The zero-order chi connectivity index (χ0) is 7.78. The summed E-state index contributed by atoms with van der Waals surface area (Å²) >= 11 is 0. The molecule has 0 bridgehead atoms. The molecule has 0 atom stereocenters. The second kappa shape index (κ2) is 2.07. The normalized spacial score (nSPS) is 23.3. The fraction of sp³-hybridized carbons (Fsp3) is 0.800. The van der Waals surface area contributed by atoms with Crippen molar-refractivity contribution >= 4 is 5.84 Å². The summed E-state index contributed by atoms with van der Waals surface area (Å²) in [6.45, 7) is 0. The molecule has 0 aliphatic heterocycles. The highest BCUT2D eigenvalue weighted by molar-refractivity contribution is 5.89. The first-order valence-electron chi connectivity index (χ1n) is 2.95. The molecule has 1 saturated carbocycles. The van der Waals surface area contributed by atoms with Gasteiger partial charge in [-0.05, 0) is 12.8 Å². The van der Waals surface area contributed by atoms with Gasteiger partial charge in [0.1, 0.15) is 5.84 Å². The van der Waals surface area contributed by atoms with Crippen molar-refractivity contribution in [1.29, 1.82) is 0 Å². The molecule has 5 heteroatoms. The van der Waals surface area contributed by atoms with Gasteiger partial charge in [0.25, 0.3) is 6.43 Å². The van der Waals surface area contributed by atoms with Gasteiger partial charge >= 0.3 is 0 Å². The second-order valence-corrected chi connectivity index (χ2v) is 2.47. The summed E-state index contributed by atoms with van der Waals surface area (Å²) in [4.78, 5) is 0. The first-order chi connectivity index (χ1) is 4.63. The lowest BCUT2D eigenvalue weighted by Crippen LogP contribution is -2.32. The van der Waals surface area contributed by atoms with Gasteiger partial charge in [-0.1, -0.05) is 0 Å². The predicted molar refractivity (Wildman–Crippen MR) is 33.5 cm³/mol. The number of hydrazone groups is 1. The molecule has 0 heterocycles. The number of hydrogen-bond donors (Lipinski definition) is 2. The SMILES string of the molecule is N/N=C(\N)C1(C(F)F)CC1. The summed E-state index contributed by atoms with van der Waals surface area (Å²) in [5.74, 6) is 4.64. The van der Waals surface area contributed by atoms with Gasteiger partial charge in [-0.25, -0.2) is 8.78 Å². The number of rotatable bonds is 2. The minimum atomic E-state index is -2.43. The van der Waals surface area contributed by atoms with E-state index in [1.165, 1.54) is 0 Å². The van der Waals surface area contributed by atoms with Crippen LogP contribution in [0.3, 0.4) is 0 Å². The molecule has 10 heavy (non-hydrogen) atoms. The Morgan fingerprint density at radius 1 is 1.50 bits per heavy atom. The van der Waals surface area contributed by atoms with Gasteiger partial charge in [-0.3, -0.25) is 0 Å². The zero-order valence-corrected chi connectivity index (χ0v) is 5.35. The van der Waals surface area contributed by atoms with Crippen LogP contribution in [-0.2, 0) is 0 Å². The van der Waals surface area contributed by atoms with Gasteiger partial charge in [-0.2, -0.15) is 5.10 Å². The van der Waals surface area contributed by atoms with Crippen LogP contribution in [0.2, 0.25) is 0 Å². The first kappa shape index (κ1) is 7.24. The van der Waals surface area contributed by atoms with E-state index in [4.69, 9.17) is 11.6 Å². The molecule has 0 aromatic rings. The molecule has 0 aromatic heterocycles. The van der Waals surface area contributed by atoms with Gasteiger partial charge in [-0.15, -0.1) is 0 Å². The van der Waals surface area contributed by atoms with Crippen LogP contribution < -0.4 is 11.6 Å². The smallest absolute Gasteiger partial charge is 0.251 e. The van der Waals surface area contributed by atoms with Gasteiger partial charge in [0.15, 0.2) is 0 Å². The Kier molecular flexibility index (Phi) is 1.50. The topological polar surface area (TPSA) is 64.4 Å². The number of nitrogens with two attached hydrogens (primary N) is 2. The van der Waals surface area contributed by atoms with E-state index in [2.05, 4.69) is 5.10 Å². The van der Waals surface area contributed by atoms with Crippen LogP contribution in [0.4, 0.5) is 8.78 Å². The van der Waals surface area contributed by atoms with Crippen LogP contribution in [-0.4, -0.2) is 12.3 Å². The van der Waals surface area contributed by atoms with Crippen molar-refractivity contribution in [2.75, 3.05) is 0 Å². The highest BCUT2D eigenvalue weighted by Gasteiger charge is 2.54. The molecule has 58 valence electrons. The van der Waals surface area contributed by atoms with Crippen LogP contribution in [0, 0.1) is 5.41 Å². The summed E-state index contributed by atoms with van der Waals surface area (Å²) in [7, 11) is 0. The Morgan fingerprint density at radius 3 is 2.10 bits per heavy atom. The number of alkyl halides is 2. The third-order valence-corrected chi connectivity index (χ3v) is 1.86. The summed E-state index contributed by atoms with van der Waals surface area (Å²) in [6.07, 6.45) is -1.63. The first-order valence-corrected chi connectivity index (χ1v) is 2.95. The van der Waals surface area contributed by atoms with Crippen LogP contribution in [0.15, 0.2) is 5.10 Å². The largest absolute Gasteiger partial charge is 0.385 e. The van der Waals surface area contributed by atoms with Gasteiger partial charge in [0.2, 0.25) is 0 Å². The lowest BCUT2D eigenvalue weighted by atomic mass is 10.1. The van der Waals surface area contributed by atoms with Crippen LogP contribution >= 0.6 is 0 Å². The maximum atomic E-state index is 12.1. The van der Waals surface area contributed by atoms with Crippen LogP contribution in [0.25, 0.3) is 0 Å². The van der Waals surface area contributed by atoms with E-state index in [0.717, 1.165) is 0 Å². The van der Waals surface area contributed by atoms with Crippen molar-refractivity contribution < 1.29 is 8.78 Å². The molecule has 1 rings (SSSR count). The van der Waals surface area contributed by atoms with Crippen molar-refractivity contribution in [3.05, 3.63) is 0 Å². The highest BCUT2D eigenvalue weighted by atomic mass is 19.3. The Morgan fingerprint density at radius 2 is 2.00 bits per heavy atom. The number of nitrogens with zero attached hydrogens (tertiary/aromatic N) is 1. The van der Waals surface area contributed by atoms with E-state index in [0.29, 0.717) is 12.8 Å². The van der Waals surface area contributed by atoms with Crippen LogP contribution in [0.5, 0.6) is 0 Å². The predicted octanol–water partition coefficient (Wildman–Crippen LogP) is 0.263. The molecule has 4 N–H and O–H groups in total. The maximum Gasteiger partial charge on any atom is 0.251 e. The molecule has 0 radical (unpaired) electrons. The van der Waals surface area contributed by atoms with E-state index in [-0.39, 0.29) is 5.84 Å². The fourth-order valence-corrected chi connectivity index (χ4v) is 0.849. The number of hydrogen-bond acceptors (Lipinski definition) is 2. The Bertz CT molecular complexity index is 162. The molecule has 1 aliphatic carbocycles. The standard InChI is InChI=1S/C5H9F2N3/c6-3(7)5(1-2-5)4(8)10-9/h3H,1-2,9H2,(H2,8,10). The molecule has 1 aliphatic rings. The van der Waals surface area contributed by atoms with Crippen LogP contribution in [0.1, 0.15) is 12.8 Å². The van der Waals surface area contributed by atoms with Crippen molar-refractivity contribution in [3.8, 4) is 0 Å². The molecule has 0 amide bonds. The second-order valence-electron chi connectivity index (χ2n) is 2.47. The molecule has 0 saturated heterocycles. The van der Waals surface area contributed by atoms with E-state index in [9.17, 15) is 8.78 Å². The third kappa shape index (κ3) is 0.815. The molecule has 3 nitrogen and oxygen atoms in total. The van der Waals surface area contributed by atoms with Crippen molar-refractivity contribution in [2.24, 2.45) is 22.1 Å². The number of amidine groups is 1. The average molecular weight is 149 g/mol. The Balaban J connectivity index is 2.70. The summed E-state index contributed by atoms with van der Waals surface area (Å²) in [5.41, 5.74) is 3.99. The fourth-order valence-electron chi connectivity index (χ4n) is 0.849. The molecule has 0 spiro atoms. The molecule has 0 unspecified atom stereocenters. The monoisotopic (exact) mass is 149 g/mol. The number of halogens is 2. The van der Waals surface area contributed by atoms with E-state index >= 15 is 0 Å². The van der Waals surface area contributed by atoms with Gasteiger partial charge < -0.3 is 11.6 Å². The molecule has 0 aromatic carbocycles. The lowest BCUT2D eigenvalue weighted by Gasteiger charge is -2.10. The van der Waals surface area contributed by atoms with E-state index in [1.54, 1.807) is 0 Å². The minimum absolute atomic E-state index is 0.123. The van der Waals surface area contributed by atoms with E-state index < -0.39 is 11.8 Å². The summed E-state index contributed by atoms with van der Waals surface area (Å²) < 4.78 is 24.2.